The van der Waals surface area contributed by atoms with E-state index >= 15 is 0 Å². The summed E-state index contributed by atoms with van der Waals surface area (Å²) < 4.78 is 0. The molecule has 0 radical (unpaired) electrons. The molecule has 0 atom stereocenters. The van der Waals surface area contributed by atoms with Crippen LogP contribution in [0.25, 0.3) is 6.08 Å². The number of carbonyl (C=O) groups is 2. The third-order valence-corrected chi connectivity index (χ3v) is 4.19. The van der Waals surface area contributed by atoms with E-state index in [1.54, 1.807) is 54.6 Å². The fraction of sp³-hybridized carbons (Fsp3) is 0. The SMILES string of the molecule is O=C1/C(=C/c2cccc(Cl)c2)NC(=S)N1C(=O)c1ccccc1Cl. The molecular formula is C17H10Cl2N2O2S. The smallest absolute Gasteiger partial charge is 0.283 e. The number of carbonyl (C=O) groups excluding carboxylic acids is 2. The van der Waals surface area contributed by atoms with Crippen LogP contribution in [0.15, 0.2) is 54.2 Å². The average Bonchev–Trinajstić information content (AvgIpc) is 2.81. The topological polar surface area (TPSA) is 49.4 Å². The van der Waals surface area contributed by atoms with Crippen LogP contribution < -0.4 is 5.32 Å². The molecule has 7 heteroatoms. The van der Waals surface area contributed by atoms with Crippen molar-refractivity contribution in [1.29, 1.82) is 0 Å². The summed E-state index contributed by atoms with van der Waals surface area (Å²) in [6.07, 6.45) is 1.58. The summed E-state index contributed by atoms with van der Waals surface area (Å²) in [5, 5.41) is 3.56. The zero-order valence-electron chi connectivity index (χ0n) is 12.1. The van der Waals surface area contributed by atoms with E-state index in [-0.39, 0.29) is 21.4 Å². The minimum absolute atomic E-state index is 0.0122. The Morgan fingerprint density at radius 2 is 1.88 bits per heavy atom. The van der Waals surface area contributed by atoms with Gasteiger partial charge in [-0.05, 0) is 48.1 Å². The molecule has 0 spiro atoms. The molecule has 0 aliphatic carbocycles. The minimum atomic E-state index is -0.572. The molecule has 2 aromatic rings. The van der Waals surface area contributed by atoms with Gasteiger partial charge in [0.25, 0.3) is 11.8 Å². The van der Waals surface area contributed by atoms with E-state index in [2.05, 4.69) is 5.32 Å². The van der Waals surface area contributed by atoms with E-state index < -0.39 is 11.8 Å². The van der Waals surface area contributed by atoms with Crippen molar-refractivity contribution in [3.8, 4) is 0 Å². The molecule has 24 heavy (non-hydrogen) atoms. The third kappa shape index (κ3) is 3.19. The number of hydrogen-bond acceptors (Lipinski definition) is 3. The van der Waals surface area contributed by atoms with Crippen molar-refractivity contribution in [3.05, 3.63) is 75.4 Å². The van der Waals surface area contributed by atoms with E-state index in [1.807, 2.05) is 0 Å². The number of imide groups is 1. The van der Waals surface area contributed by atoms with Gasteiger partial charge in [-0.1, -0.05) is 47.5 Å². The van der Waals surface area contributed by atoms with Gasteiger partial charge in [-0.25, -0.2) is 4.90 Å². The van der Waals surface area contributed by atoms with Crippen molar-refractivity contribution < 1.29 is 9.59 Å². The van der Waals surface area contributed by atoms with E-state index in [4.69, 9.17) is 35.4 Å². The normalized spacial score (nSPS) is 15.8. The second kappa shape index (κ2) is 6.73. The van der Waals surface area contributed by atoms with E-state index in [1.165, 1.54) is 0 Å². The Morgan fingerprint density at radius 1 is 1.12 bits per heavy atom. The predicted molar refractivity (Wildman–Crippen MR) is 97.8 cm³/mol. The molecular weight excluding hydrogens is 367 g/mol. The summed E-state index contributed by atoms with van der Waals surface area (Å²) in [4.78, 5) is 26.0. The summed E-state index contributed by atoms with van der Waals surface area (Å²) >= 11 is 17.1. The largest absolute Gasteiger partial charge is 0.327 e. The molecule has 1 heterocycles. The van der Waals surface area contributed by atoms with Crippen molar-refractivity contribution in [2.24, 2.45) is 0 Å². The fourth-order valence-corrected chi connectivity index (χ4v) is 2.93. The summed E-state index contributed by atoms with van der Waals surface area (Å²) in [7, 11) is 0. The molecule has 2 aromatic carbocycles. The van der Waals surface area contributed by atoms with Crippen LogP contribution in [-0.2, 0) is 4.79 Å². The number of amides is 2. The van der Waals surface area contributed by atoms with Crippen LogP contribution in [0.1, 0.15) is 15.9 Å². The molecule has 1 aliphatic heterocycles. The Morgan fingerprint density at radius 3 is 2.58 bits per heavy atom. The number of rotatable bonds is 2. The maximum atomic E-state index is 12.6. The predicted octanol–water partition coefficient (Wildman–Crippen LogP) is 3.89. The van der Waals surface area contributed by atoms with Crippen LogP contribution in [0.5, 0.6) is 0 Å². The van der Waals surface area contributed by atoms with Crippen molar-refractivity contribution in [2.45, 2.75) is 0 Å². The highest BCUT2D eigenvalue weighted by Crippen LogP contribution is 2.22. The highest BCUT2D eigenvalue weighted by molar-refractivity contribution is 7.80. The van der Waals surface area contributed by atoms with E-state index in [0.29, 0.717) is 10.6 Å². The molecule has 0 unspecified atom stereocenters. The molecule has 1 N–H and O–H groups in total. The van der Waals surface area contributed by atoms with Gasteiger partial charge in [0, 0.05) is 5.02 Å². The Labute approximate surface area is 153 Å². The lowest BCUT2D eigenvalue weighted by atomic mass is 10.2. The zero-order valence-corrected chi connectivity index (χ0v) is 14.5. The first-order chi connectivity index (χ1) is 11.5. The summed E-state index contributed by atoms with van der Waals surface area (Å²) in [5.74, 6) is -1.11. The van der Waals surface area contributed by atoms with E-state index in [0.717, 1.165) is 4.90 Å². The maximum Gasteiger partial charge on any atom is 0.283 e. The third-order valence-electron chi connectivity index (χ3n) is 3.35. The summed E-state index contributed by atoms with van der Waals surface area (Å²) in [5.41, 5.74) is 1.12. The van der Waals surface area contributed by atoms with Crippen molar-refractivity contribution in [1.82, 2.24) is 10.2 Å². The number of thiocarbonyl (C=S) groups is 1. The van der Waals surface area contributed by atoms with Gasteiger partial charge in [0.05, 0.1) is 10.6 Å². The van der Waals surface area contributed by atoms with Gasteiger partial charge in [0.2, 0.25) is 0 Å². The number of nitrogens with one attached hydrogen (secondary N) is 1. The Bertz CT molecular complexity index is 896. The first-order valence-electron chi connectivity index (χ1n) is 6.89. The van der Waals surface area contributed by atoms with Crippen LogP contribution >= 0.6 is 35.4 Å². The molecule has 4 nitrogen and oxygen atoms in total. The first kappa shape index (κ1) is 16.6. The standard InChI is InChI=1S/C17H10Cl2N2O2S/c18-11-5-3-4-10(8-11)9-14-16(23)21(17(24)20-14)15(22)12-6-1-2-7-13(12)19/h1-9H,(H,20,24)/b14-9-. The van der Waals surface area contributed by atoms with Crippen LogP contribution in [-0.4, -0.2) is 21.8 Å². The van der Waals surface area contributed by atoms with Crippen LogP contribution in [0, 0.1) is 0 Å². The van der Waals surface area contributed by atoms with Gasteiger partial charge < -0.3 is 5.32 Å². The summed E-state index contributed by atoms with van der Waals surface area (Å²) in [6, 6.07) is 13.5. The van der Waals surface area contributed by atoms with Gasteiger partial charge in [-0.2, -0.15) is 0 Å². The van der Waals surface area contributed by atoms with Gasteiger partial charge in [0.1, 0.15) is 5.70 Å². The fourth-order valence-electron chi connectivity index (χ4n) is 2.24. The molecule has 3 rings (SSSR count). The second-order valence-corrected chi connectivity index (χ2v) is 6.20. The number of benzene rings is 2. The maximum absolute atomic E-state index is 12.6. The quantitative estimate of drug-likeness (QED) is 0.490. The Hall–Kier alpha value is -2.21. The Balaban J connectivity index is 1.92. The molecule has 2 amide bonds. The molecule has 1 saturated heterocycles. The molecule has 0 bridgehead atoms. The monoisotopic (exact) mass is 376 g/mol. The van der Waals surface area contributed by atoms with Crippen molar-refractivity contribution >= 4 is 58.4 Å². The van der Waals surface area contributed by atoms with Crippen molar-refractivity contribution in [3.63, 3.8) is 0 Å². The highest BCUT2D eigenvalue weighted by atomic mass is 35.5. The molecule has 120 valence electrons. The number of nitrogens with zero attached hydrogens (tertiary/aromatic N) is 1. The molecule has 1 fully saturated rings. The van der Waals surface area contributed by atoms with Crippen LogP contribution in [0.2, 0.25) is 10.0 Å². The van der Waals surface area contributed by atoms with E-state index in [9.17, 15) is 9.59 Å². The van der Waals surface area contributed by atoms with Crippen LogP contribution in [0.3, 0.4) is 0 Å². The van der Waals surface area contributed by atoms with Crippen molar-refractivity contribution in [2.75, 3.05) is 0 Å². The summed E-state index contributed by atoms with van der Waals surface area (Å²) in [6.45, 7) is 0. The van der Waals surface area contributed by atoms with Gasteiger partial charge in [-0.3, -0.25) is 9.59 Å². The molecule has 1 aliphatic rings. The Kier molecular flexibility index (Phi) is 4.66. The lowest BCUT2D eigenvalue weighted by Crippen LogP contribution is -2.36. The molecule has 0 aromatic heterocycles. The lowest BCUT2D eigenvalue weighted by molar-refractivity contribution is -0.120. The second-order valence-electron chi connectivity index (χ2n) is 4.97. The number of hydrogen-bond donors (Lipinski definition) is 1. The molecule has 0 saturated carbocycles. The van der Waals surface area contributed by atoms with Gasteiger partial charge >= 0.3 is 0 Å². The average molecular weight is 377 g/mol. The van der Waals surface area contributed by atoms with Gasteiger partial charge in [0.15, 0.2) is 5.11 Å². The zero-order chi connectivity index (χ0) is 17.3. The van der Waals surface area contributed by atoms with Gasteiger partial charge in [-0.15, -0.1) is 0 Å². The highest BCUT2D eigenvalue weighted by Gasteiger charge is 2.36. The van der Waals surface area contributed by atoms with Crippen LogP contribution in [0.4, 0.5) is 0 Å². The first-order valence-corrected chi connectivity index (χ1v) is 8.05. The number of halogens is 2. The lowest BCUT2D eigenvalue weighted by Gasteiger charge is -2.12. The minimum Gasteiger partial charge on any atom is -0.327 e.